The van der Waals surface area contributed by atoms with Gasteiger partial charge in [-0.1, -0.05) is 0 Å². The molecule has 20 heavy (non-hydrogen) atoms. The molecule has 0 radical (unpaired) electrons. The van der Waals surface area contributed by atoms with E-state index < -0.39 is 22.4 Å². The summed E-state index contributed by atoms with van der Waals surface area (Å²) in [6.45, 7) is -0.0545. The minimum atomic E-state index is -1.14. The highest BCUT2D eigenvalue weighted by molar-refractivity contribution is 7.11. The van der Waals surface area contributed by atoms with Gasteiger partial charge in [0, 0.05) is 17.5 Å². The zero-order chi connectivity index (χ0) is 14.7. The minimum Gasteiger partial charge on any atom is -0.487 e. The largest absolute Gasteiger partial charge is 0.487 e. The molecule has 2 rings (SSSR count). The van der Waals surface area contributed by atoms with E-state index in [1.807, 2.05) is 0 Å². The van der Waals surface area contributed by atoms with E-state index in [0.29, 0.717) is 5.69 Å². The van der Waals surface area contributed by atoms with E-state index >= 15 is 0 Å². The molecule has 0 fully saturated rings. The smallest absolute Gasteiger partial charge is 0.365 e. The van der Waals surface area contributed by atoms with Crippen LogP contribution in [0.1, 0.15) is 15.5 Å². The van der Waals surface area contributed by atoms with Crippen LogP contribution in [0.3, 0.4) is 0 Å². The van der Waals surface area contributed by atoms with E-state index in [1.165, 1.54) is 11.4 Å². The summed E-state index contributed by atoms with van der Waals surface area (Å²) >= 11 is 0.948. The quantitative estimate of drug-likeness (QED) is 0.672. The van der Waals surface area contributed by atoms with Crippen molar-refractivity contribution in [2.24, 2.45) is 0 Å². The lowest BCUT2D eigenvalue weighted by Gasteiger charge is -2.04. The van der Waals surface area contributed by atoms with Gasteiger partial charge in [0.05, 0.1) is 10.6 Å². The Morgan fingerprint density at radius 2 is 2.30 bits per heavy atom. The molecule has 0 atom stereocenters. The number of nitro benzene ring substituents is 1. The Morgan fingerprint density at radius 1 is 1.55 bits per heavy atom. The van der Waals surface area contributed by atoms with Crippen molar-refractivity contribution < 1.29 is 24.0 Å². The molecule has 0 saturated carbocycles. The number of nitro groups is 1. The van der Waals surface area contributed by atoms with Crippen molar-refractivity contribution in [3.05, 3.63) is 50.2 Å². The SMILES string of the molecule is O=C(O)c1nc(COc2ccc([N+](=O)[O-])c(F)c2)cs1. The Morgan fingerprint density at radius 3 is 2.85 bits per heavy atom. The van der Waals surface area contributed by atoms with Gasteiger partial charge >= 0.3 is 11.7 Å². The number of carboxylic acid groups (broad SMARTS) is 1. The second kappa shape index (κ2) is 5.61. The van der Waals surface area contributed by atoms with E-state index in [1.54, 1.807) is 0 Å². The number of benzene rings is 1. The average Bonchev–Trinajstić information content (AvgIpc) is 2.85. The summed E-state index contributed by atoms with van der Waals surface area (Å²) in [6.07, 6.45) is 0. The first-order valence-electron chi connectivity index (χ1n) is 5.22. The number of thiazole rings is 1. The van der Waals surface area contributed by atoms with Crippen molar-refractivity contribution in [2.45, 2.75) is 6.61 Å². The molecule has 2 aromatic rings. The summed E-state index contributed by atoms with van der Waals surface area (Å²) in [5.74, 6) is -2.04. The van der Waals surface area contributed by atoms with Crippen LogP contribution < -0.4 is 4.74 Å². The Balaban J connectivity index is 2.05. The second-order valence-corrected chi connectivity index (χ2v) is 4.47. The van der Waals surface area contributed by atoms with Crippen LogP contribution in [-0.4, -0.2) is 21.0 Å². The van der Waals surface area contributed by atoms with Crippen LogP contribution in [0.15, 0.2) is 23.6 Å². The summed E-state index contributed by atoms with van der Waals surface area (Å²) in [5.41, 5.74) is -0.259. The molecule has 0 aliphatic carbocycles. The lowest BCUT2D eigenvalue weighted by molar-refractivity contribution is -0.387. The van der Waals surface area contributed by atoms with Crippen LogP contribution >= 0.6 is 11.3 Å². The number of nitrogens with zero attached hydrogens (tertiary/aromatic N) is 2. The van der Waals surface area contributed by atoms with Gasteiger partial charge < -0.3 is 9.84 Å². The fraction of sp³-hybridized carbons (Fsp3) is 0.0909. The molecule has 1 heterocycles. The maximum atomic E-state index is 13.3. The molecule has 9 heteroatoms. The maximum Gasteiger partial charge on any atom is 0.365 e. The Hall–Kier alpha value is -2.55. The summed E-state index contributed by atoms with van der Waals surface area (Å²) in [7, 11) is 0. The molecule has 7 nitrogen and oxygen atoms in total. The maximum absolute atomic E-state index is 13.3. The van der Waals surface area contributed by atoms with Gasteiger partial charge in [-0.25, -0.2) is 9.78 Å². The van der Waals surface area contributed by atoms with Gasteiger partial charge in [-0.2, -0.15) is 4.39 Å². The Labute approximate surface area is 115 Å². The number of hydrogen-bond acceptors (Lipinski definition) is 6. The number of rotatable bonds is 5. The Kier molecular flexibility index (Phi) is 3.89. The fourth-order valence-electron chi connectivity index (χ4n) is 1.35. The zero-order valence-electron chi connectivity index (χ0n) is 9.78. The van der Waals surface area contributed by atoms with Crippen molar-refractivity contribution >= 4 is 23.0 Å². The molecule has 1 N–H and O–H groups in total. The molecular formula is C11H7FN2O5S. The first-order chi connectivity index (χ1) is 9.47. The van der Waals surface area contributed by atoms with Crippen LogP contribution in [-0.2, 0) is 6.61 Å². The first-order valence-corrected chi connectivity index (χ1v) is 6.10. The lowest BCUT2D eigenvalue weighted by atomic mass is 10.3. The Bertz CT molecular complexity index is 673. The zero-order valence-corrected chi connectivity index (χ0v) is 10.6. The average molecular weight is 298 g/mol. The summed E-state index contributed by atoms with van der Waals surface area (Å²) in [6, 6.07) is 3.14. The monoisotopic (exact) mass is 298 g/mol. The lowest BCUT2D eigenvalue weighted by Crippen LogP contribution is -2.00. The number of carbonyl (C=O) groups is 1. The van der Waals surface area contributed by atoms with Crippen molar-refractivity contribution in [3.8, 4) is 5.75 Å². The van der Waals surface area contributed by atoms with Gasteiger partial charge in [0.25, 0.3) is 0 Å². The first kappa shape index (κ1) is 13.9. The van der Waals surface area contributed by atoms with Crippen LogP contribution in [0, 0.1) is 15.9 Å². The highest BCUT2D eigenvalue weighted by atomic mass is 32.1. The summed E-state index contributed by atoms with van der Waals surface area (Å²) < 4.78 is 18.5. The molecule has 1 aromatic heterocycles. The highest BCUT2D eigenvalue weighted by Gasteiger charge is 2.15. The molecule has 0 bridgehead atoms. The van der Waals surface area contributed by atoms with E-state index in [0.717, 1.165) is 23.5 Å². The number of aromatic nitrogens is 1. The van der Waals surface area contributed by atoms with E-state index in [9.17, 15) is 19.3 Å². The third-order valence-electron chi connectivity index (χ3n) is 2.24. The van der Waals surface area contributed by atoms with Gasteiger partial charge in [-0.15, -0.1) is 11.3 Å². The normalized spacial score (nSPS) is 10.2. The van der Waals surface area contributed by atoms with Gasteiger partial charge in [0.2, 0.25) is 10.8 Å². The van der Waals surface area contributed by atoms with Gasteiger partial charge in [-0.05, 0) is 6.07 Å². The molecule has 0 aliphatic heterocycles. The predicted octanol–water partition coefficient (Wildman–Crippen LogP) is 2.47. The highest BCUT2D eigenvalue weighted by Crippen LogP contribution is 2.23. The molecule has 104 valence electrons. The number of aromatic carboxylic acids is 1. The second-order valence-electron chi connectivity index (χ2n) is 3.61. The molecule has 0 amide bonds. The van der Waals surface area contributed by atoms with Crippen LogP contribution in [0.25, 0.3) is 0 Å². The van der Waals surface area contributed by atoms with E-state index in [2.05, 4.69) is 4.98 Å². The van der Waals surface area contributed by atoms with Gasteiger partial charge in [-0.3, -0.25) is 10.1 Å². The van der Waals surface area contributed by atoms with Crippen LogP contribution in [0.4, 0.5) is 10.1 Å². The predicted molar refractivity (Wildman–Crippen MR) is 66.5 cm³/mol. The standard InChI is InChI=1S/C11H7FN2O5S/c12-8-3-7(1-2-9(8)14(17)18)19-4-6-5-20-10(13-6)11(15)16/h1-3,5H,4H2,(H,15,16). The third-order valence-corrected chi connectivity index (χ3v) is 3.12. The fourth-order valence-corrected chi connectivity index (χ4v) is 1.99. The summed E-state index contributed by atoms with van der Waals surface area (Å²) in [4.78, 5) is 24.0. The van der Waals surface area contributed by atoms with E-state index in [4.69, 9.17) is 9.84 Å². The molecule has 0 saturated heterocycles. The molecule has 0 unspecified atom stereocenters. The molecular weight excluding hydrogens is 291 g/mol. The third kappa shape index (κ3) is 3.06. The number of halogens is 1. The molecule has 0 spiro atoms. The van der Waals surface area contributed by atoms with Crippen LogP contribution in [0.5, 0.6) is 5.75 Å². The molecule has 1 aromatic carbocycles. The van der Waals surface area contributed by atoms with Gasteiger partial charge in [0.15, 0.2) is 0 Å². The van der Waals surface area contributed by atoms with Crippen molar-refractivity contribution in [2.75, 3.05) is 0 Å². The minimum absolute atomic E-state index is 0.0545. The number of carboxylic acids is 1. The van der Waals surface area contributed by atoms with Gasteiger partial charge in [0.1, 0.15) is 12.4 Å². The molecule has 0 aliphatic rings. The number of ether oxygens (including phenoxy) is 1. The number of hydrogen-bond donors (Lipinski definition) is 1. The van der Waals surface area contributed by atoms with Crippen molar-refractivity contribution in [1.82, 2.24) is 4.98 Å². The van der Waals surface area contributed by atoms with E-state index in [-0.39, 0.29) is 17.4 Å². The van der Waals surface area contributed by atoms with Crippen molar-refractivity contribution in [1.29, 1.82) is 0 Å². The van der Waals surface area contributed by atoms with Crippen molar-refractivity contribution in [3.63, 3.8) is 0 Å². The summed E-state index contributed by atoms with van der Waals surface area (Å²) in [5, 5.41) is 20.6. The topological polar surface area (TPSA) is 103 Å². The van der Waals surface area contributed by atoms with Crippen LogP contribution in [0.2, 0.25) is 0 Å².